The zero-order valence-corrected chi connectivity index (χ0v) is 14.2. The number of carbonyl (C=O) groups is 1. The SMILES string of the molecule is Cc1cn([C@H]2C[C@H](O)[C@@H](CO)O2)c(=O)n(CC(=O)c2ccccc2)c1=O. The van der Waals surface area contributed by atoms with Gasteiger partial charge in [0.15, 0.2) is 5.78 Å². The minimum absolute atomic E-state index is 0.107. The molecule has 2 N–H and O–H groups in total. The number of hydrogen-bond acceptors (Lipinski definition) is 6. The van der Waals surface area contributed by atoms with Gasteiger partial charge >= 0.3 is 5.69 Å². The Morgan fingerprint density at radius 3 is 2.58 bits per heavy atom. The van der Waals surface area contributed by atoms with E-state index < -0.39 is 29.7 Å². The highest BCUT2D eigenvalue weighted by Crippen LogP contribution is 2.27. The number of aliphatic hydroxyl groups excluding tert-OH is 2. The maximum absolute atomic E-state index is 12.7. The standard InChI is InChI=1S/C18H20N2O6/c1-11-8-19(16-7-13(22)15(10-21)26-16)18(25)20(17(11)24)9-14(23)12-5-3-2-4-6-12/h2-6,8,13,15-16,21-22H,7,9-10H2,1H3/t13-,15+,16+/m0/s1. The average molecular weight is 360 g/mol. The quantitative estimate of drug-likeness (QED) is 0.717. The summed E-state index contributed by atoms with van der Waals surface area (Å²) in [5.74, 6) is -0.359. The molecule has 0 spiro atoms. The fourth-order valence-corrected chi connectivity index (χ4v) is 3.01. The van der Waals surface area contributed by atoms with Gasteiger partial charge in [-0.05, 0) is 6.92 Å². The van der Waals surface area contributed by atoms with Gasteiger partial charge in [0, 0.05) is 23.7 Å². The normalized spacial score (nSPS) is 22.5. The molecule has 0 bridgehead atoms. The van der Waals surface area contributed by atoms with Gasteiger partial charge in [-0.25, -0.2) is 4.79 Å². The van der Waals surface area contributed by atoms with Crippen LogP contribution in [0.5, 0.6) is 0 Å². The lowest BCUT2D eigenvalue weighted by molar-refractivity contribution is -0.0463. The minimum Gasteiger partial charge on any atom is -0.394 e. The lowest BCUT2D eigenvalue weighted by Gasteiger charge is -2.17. The van der Waals surface area contributed by atoms with E-state index in [4.69, 9.17) is 4.74 Å². The van der Waals surface area contributed by atoms with Crippen molar-refractivity contribution < 1.29 is 19.7 Å². The van der Waals surface area contributed by atoms with Crippen molar-refractivity contribution in [1.82, 2.24) is 9.13 Å². The molecule has 0 aliphatic carbocycles. The molecule has 1 aliphatic heterocycles. The maximum atomic E-state index is 12.7. The predicted octanol–water partition coefficient (Wildman–Crippen LogP) is -0.158. The van der Waals surface area contributed by atoms with Crippen molar-refractivity contribution in [3.05, 3.63) is 68.5 Å². The second-order valence-electron chi connectivity index (χ2n) is 6.30. The van der Waals surface area contributed by atoms with E-state index in [9.17, 15) is 24.6 Å². The van der Waals surface area contributed by atoms with Crippen LogP contribution >= 0.6 is 0 Å². The fraction of sp³-hybridized carbons (Fsp3) is 0.389. The highest BCUT2D eigenvalue weighted by atomic mass is 16.5. The van der Waals surface area contributed by atoms with E-state index in [-0.39, 0.29) is 30.9 Å². The van der Waals surface area contributed by atoms with Crippen LogP contribution in [0.1, 0.15) is 28.6 Å². The first-order valence-corrected chi connectivity index (χ1v) is 8.27. The van der Waals surface area contributed by atoms with Crippen molar-refractivity contribution in [2.45, 2.75) is 38.3 Å². The highest BCUT2D eigenvalue weighted by Gasteiger charge is 2.35. The largest absolute Gasteiger partial charge is 0.394 e. The van der Waals surface area contributed by atoms with Gasteiger partial charge in [0.25, 0.3) is 5.56 Å². The Labute approximate surface area is 148 Å². The third-order valence-electron chi connectivity index (χ3n) is 4.46. The second kappa shape index (κ2) is 7.36. The highest BCUT2D eigenvalue weighted by molar-refractivity contribution is 5.95. The Morgan fingerprint density at radius 2 is 1.96 bits per heavy atom. The van der Waals surface area contributed by atoms with Crippen LogP contribution < -0.4 is 11.2 Å². The molecule has 8 nitrogen and oxygen atoms in total. The summed E-state index contributed by atoms with van der Waals surface area (Å²) in [4.78, 5) is 37.5. The molecule has 3 atom stereocenters. The molecule has 1 fully saturated rings. The number of benzene rings is 1. The molecular formula is C18H20N2O6. The van der Waals surface area contributed by atoms with Crippen LogP contribution in [0.4, 0.5) is 0 Å². The molecule has 1 saturated heterocycles. The zero-order chi connectivity index (χ0) is 18.8. The van der Waals surface area contributed by atoms with E-state index in [1.165, 1.54) is 17.7 Å². The molecule has 0 radical (unpaired) electrons. The van der Waals surface area contributed by atoms with Crippen molar-refractivity contribution >= 4 is 5.78 Å². The molecule has 0 amide bonds. The summed E-state index contributed by atoms with van der Waals surface area (Å²) in [6, 6.07) is 8.40. The van der Waals surface area contributed by atoms with Crippen LogP contribution in [0.25, 0.3) is 0 Å². The summed E-state index contributed by atoms with van der Waals surface area (Å²) in [6.45, 7) is 0.774. The summed E-state index contributed by atoms with van der Waals surface area (Å²) in [7, 11) is 0. The average Bonchev–Trinajstić information content (AvgIpc) is 3.02. The molecular weight excluding hydrogens is 340 g/mol. The van der Waals surface area contributed by atoms with E-state index in [0.717, 1.165) is 4.57 Å². The van der Waals surface area contributed by atoms with Crippen molar-refractivity contribution in [1.29, 1.82) is 0 Å². The summed E-state index contributed by atoms with van der Waals surface area (Å²) < 4.78 is 7.55. The van der Waals surface area contributed by atoms with Crippen LogP contribution in [0.3, 0.4) is 0 Å². The zero-order valence-electron chi connectivity index (χ0n) is 14.2. The van der Waals surface area contributed by atoms with Crippen molar-refractivity contribution in [3.63, 3.8) is 0 Å². The van der Waals surface area contributed by atoms with Crippen molar-refractivity contribution in [3.8, 4) is 0 Å². The van der Waals surface area contributed by atoms with Gasteiger partial charge < -0.3 is 14.9 Å². The Kier molecular flexibility index (Phi) is 5.17. The molecule has 1 aliphatic rings. The van der Waals surface area contributed by atoms with Gasteiger partial charge in [0.05, 0.1) is 19.3 Å². The van der Waals surface area contributed by atoms with Crippen molar-refractivity contribution in [2.24, 2.45) is 0 Å². The van der Waals surface area contributed by atoms with E-state index >= 15 is 0 Å². The van der Waals surface area contributed by atoms with Crippen LogP contribution in [0, 0.1) is 6.92 Å². The molecule has 26 heavy (non-hydrogen) atoms. The molecule has 3 rings (SSSR count). The summed E-state index contributed by atoms with van der Waals surface area (Å²) >= 11 is 0. The Hall–Kier alpha value is -2.55. The van der Waals surface area contributed by atoms with E-state index in [0.29, 0.717) is 5.56 Å². The Morgan fingerprint density at radius 1 is 1.27 bits per heavy atom. The molecule has 2 aromatic rings. The molecule has 0 unspecified atom stereocenters. The third kappa shape index (κ3) is 3.39. The van der Waals surface area contributed by atoms with E-state index in [1.54, 1.807) is 30.3 Å². The summed E-state index contributed by atoms with van der Waals surface area (Å²) in [6.07, 6.45) is -1.06. The second-order valence-corrected chi connectivity index (χ2v) is 6.30. The number of carbonyl (C=O) groups excluding carboxylic acids is 1. The number of Topliss-reactive ketones (excluding diaryl/α,β-unsaturated/α-hetero) is 1. The molecule has 2 heterocycles. The number of nitrogens with zero attached hydrogens (tertiary/aromatic N) is 2. The Bertz CT molecular complexity index is 918. The number of ketones is 1. The van der Waals surface area contributed by atoms with E-state index in [1.807, 2.05) is 0 Å². The molecule has 1 aromatic heterocycles. The molecule has 0 saturated carbocycles. The smallest absolute Gasteiger partial charge is 0.333 e. The monoisotopic (exact) mass is 360 g/mol. The lowest BCUT2D eigenvalue weighted by Crippen LogP contribution is -2.43. The van der Waals surface area contributed by atoms with Gasteiger partial charge in [-0.1, -0.05) is 30.3 Å². The van der Waals surface area contributed by atoms with Crippen LogP contribution in [-0.4, -0.2) is 43.9 Å². The topological polar surface area (TPSA) is 111 Å². The minimum atomic E-state index is -0.913. The van der Waals surface area contributed by atoms with Gasteiger partial charge in [0.2, 0.25) is 0 Å². The number of ether oxygens (including phenoxy) is 1. The number of hydrogen-bond donors (Lipinski definition) is 2. The molecule has 1 aromatic carbocycles. The summed E-state index contributed by atoms with van der Waals surface area (Å²) in [5, 5.41) is 19.1. The third-order valence-corrected chi connectivity index (χ3v) is 4.46. The van der Waals surface area contributed by atoms with Crippen LogP contribution in [0.2, 0.25) is 0 Å². The first-order valence-electron chi connectivity index (χ1n) is 8.27. The summed E-state index contributed by atoms with van der Waals surface area (Å²) in [5.41, 5.74) is -0.566. The van der Waals surface area contributed by atoms with Crippen molar-refractivity contribution in [2.75, 3.05) is 6.61 Å². The lowest BCUT2D eigenvalue weighted by atomic mass is 10.1. The maximum Gasteiger partial charge on any atom is 0.333 e. The van der Waals surface area contributed by atoms with Crippen LogP contribution in [0.15, 0.2) is 46.1 Å². The van der Waals surface area contributed by atoms with Crippen LogP contribution in [-0.2, 0) is 11.3 Å². The van der Waals surface area contributed by atoms with Gasteiger partial charge in [-0.2, -0.15) is 0 Å². The molecule has 138 valence electrons. The number of aliphatic hydroxyl groups is 2. The predicted molar refractivity (Wildman–Crippen MR) is 92.1 cm³/mol. The Balaban J connectivity index is 1.96. The first-order chi connectivity index (χ1) is 12.4. The fourth-order valence-electron chi connectivity index (χ4n) is 3.01. The first kappa shape index (κ1) is 18.2. The number of aromatic nitrogens is 2. The van der Waals surface area contributed by atoms with Gasteiger partial charge in [0.1, 0.15) is 12.3 Å². The van der Waals surface area contributed by atoms with Gasteiger partial charge in [-0.3, -0.25) is 18.7 Å². The number of rotatable bonds is 5. The van der Waals surface area contributed by atoms with Gasteiger partial charge in [-0.15, -0.1) is 0 Å². The van der Waals surface area contributed by atoms with E-state index in [2.05, 4.69) is 0 Å². The number of aryl methyl sites for hydroxylation is 1. The molecule has 8 heteroatoms.